The van der Waals surface area contributed by atoms with E-state index in [1.54, 1.807) is 13.2 Å². The molecule has 2 aromatic rings. The molecule has 1 atom stereocenters. The summed E-state index contributed by atoms with van der Waals surface area (Å²) in [6, 6.07) is 6.72. The van der Waals surface area contributed by atoms with Crippen molar-refractivity contribution in [3.8, 4) is 5.75 Å². The molecule has 1 amide bonds. The van der Waals surface area contributed by atoms with Crippen molar-refractivity contribution in [2.75, 3.05) is 56.0 Å². The van der Waals surface area contributed by atoms with Crippen LogP contribution in [-0.4, -0.2) is 79.7 Å². The van der Waals surface area contributed by atoms with Crippen molar-refractivity contribution in [2.45, 2.75) is 76.4 Å². The summed E-state index contributed by atoms with van der Waals surface area (Å²) < 4.78 is 5.67. The Bertz CT molecular complexity index is 1110. The first-order chi connectivity index (χ1) is 18.5. The maximum atomic E-state index is 12.9. The molecule has 0 radical (unpaired) electrons. The molecule has 1 saturated heterocycles. The Balaban J connectivity index is 1.36. The molecule has 0 bridgehead atoms. The third-order valence-corrected chi connectivity index (χ3v) is 8.39. The van der Waals surface area contributed by atoms with Gasteiger partial charge in [-0.3, -0.25) is 4.79 Å². The number of likely N-dealkylation sites (tertiary alicyclic amines) is 1. The lowest BCUT2D eigenvalue weighted by molar-refractivity contribution is 0.0916. The molecule has 38 heavy (non-hydrogen) atoms. The molecule has 9 nitrogen and oxygen atoms in total. The summed E-state index contributed by atoms with van der Waals surface area (Å²) in [4.78, 5) is 29.8. The first-order valence-electron chi connectivity index (χ1n) is 14.3. The average molecular weight is 522 g/mol. The van der Waals surface area contributed by atoms with Gasteiger partial charge in [0, 0.05) is 37.3 Å². The molecule has 1 aromatic carbocycles. The van der Waals surface area contributed by atoms with Crippen molar-refractivity contribution in [3.05, 3.63) is 30.0 Å². The van der Waals surface area contributed by atoms with Crippen molar-refractivity contribution in [1.29, 1.82) is 0 Å². The molecule has 1 aliphatic carbocycles. The summed E-state index contributed by atoms with van der Waals surface area (Å²) in [5, 5.41) is 6.55. The molecule has 1 saturated carbocycles. The highest BCUT2D eigenvalue weighted by Gasteiger charge is 2.36. The number of fused-ring (bicyclic) bond motifs is 1. The number of piperidine rings is 1. The van der Waals surface area contributed by atoms with E-state index < -0.39 is 0 Å². The number of carbonyl (C=O) groups is 1. The number of nitrogens with zero attached hydrogens (tertiary/aromatic N) is 5. The maximum Gasteiger partial charge on any atom is 0.251 e. The third kappa shape index (κ3) is 5.67. The van der Waals surface area contributed by atoms with E-state index in [4.69, 9.17) is 9.72 Å². The smallest absolute Gasteiger partial charge is 0.251 e. The highest BCUT2D eigenvalue weighted by atomic mass is 16.5. The zero-order chi connectivity index (χ0) is 26.6. The Labute approximate surface area is 226 Å². The number of likely N-dealkylation sites (N-methyl/N-ethyl adjacent to an activating group) is 1. The Morgan fingerprint density at radius 1 is 1.13 bits per heavy atom. The second kappa shape index (κ2) is 11.8. The Kier molecular flexibility index (Phi) is 8.21. The van der Waals surface area contributed by atoms with Crippen LogP contribution in [0.1, 0.15) is 68.6 Å². The lowest BCUT2D eigenvalue weighted by Crippen LogP contribution is -2.52. The van der Waals surface area contributed by atoms with Gasteiger partial charge in [-0.2, -0.15) is 4.98 Å². The standard InChI is InChI=1S/C29H43N7O2/c1-5-8-23-19-35(3)25-18-30-29(33-27(25)36(23)22-9-6-7-10-22)32-24-12-11-20(17-26(24)38-4)28(37)31-21-13-15-34(2)16-14-21/h11-12,17-18,21-23H,5-10,13-16,19H2,1-4H3,(H,31,37)(H,30,32,33)/t23-/m1/s1. The number of amides is 1. The molecule has 0 unspecified atom stereocenters. The van der Waals surface area contributed by atoms with Crippen LogP contribution >= 0.6 is 0 Å². The number of rotatable bonds is 8. The van der Waals surface area contributed by atoms with Crippen LogP contribution < -0.4 is 25.2 Å². The van der Waals surface area contributed by atoms with Crippen LogP contribution in [-0.2, 0) is 0 Å². The van der Waals surface area contributed by atoms with Gasteiger partial charge in [-0.05, 0) is 70.4 Å². The van der Waals surface area contributed by atoms with Crippen molar-refractivity contribution in [1.82, 2.24) is 20.2 Å². The fraction of sp³-hybridized carbons (Fsp3) is 0.621. The van der Waals surface area contributed by atoms with Crippen LogP contribution in [0.25, 0.3) is 0 Å². The molecule has 2 fully saturated rings. The van der Waals surface area contributed by atoms with Crippen molar-refractivity contribution in [3.63, 3.8) is 0 Å². The summed E-state index contributed by atoms with van der Waals surface area (Å²) in [6.07, 6.45) is 11.2. The van der Waals surface area contributed by atoms with Gasteiger partial charge < -0.3 is 30.1 Å². The molecule has 206 valence electrons. The van der Waals surface area contributed by atoms with Gasteiger partial charge in [0.1, 0.15) is 5.75 Å². The predicted molar refractivity (Wildman–Crippen MR) is 153 cm³/mol. The number of ether oxygens (including phenoxy) is 1. The van der Waals surface area contributed by atoms with Gasteiger partial charge in [0.05, 0.1) is 24.7 Å². The van der Waals surface area contributed by atoms with Crippen molar-refractivity contribution in [2.24, 2.45) is 0 Å². The lowest BCUT2D eigenvalue weighted by atomic mass is 10.0. The van der Waals surface area contributed by atoms with E-state index in [0.717, 1.165) is 62.5 Å². The summed E-state index contributed by atoms with van der Waals surface area (Å²) in [5.41, 5.74) is 2.42. The monoisotopic (exact) mass is 521 g/mol. The van der Waals surface area contributed by atoms with Gasteiger partial charge in [0.2, 0.25) is 5.95 Å². The second-order valence-corrected chi connectivity index (χ2v) is 11.2. The number of nitrogens with one attached hydrogen (secondary N) is 2. The fourth-order valence-corrected chi connectivity index (χ4v) is 6.26. The van der Waals surface area contributed by atoms with E-state index in [1.807, 2.05) is 18.3 Å². The zero-order valence-electron chi connectivity index (χ0n) is 23.4. The van der Waals surface area contributed by atoms with Crippen molar-refractivity contribution >= 4 is 29.0 Å². The number of hydrogen-bond acceptors (Lipinski definition) is 8. The van der Waals surface area contributed by atoms with Crippen LogP contribution in [0.3, 0.4) is 0 Å². The topological polar surface area (TPSA) is 85.9 Å². The highest BCUT2D eigenvalue weighted by Crippen LogP contribution is 2.40. The normalized spacial score (nSPS) is 20.9. The average Bonchev–Trinajstić information content (AvgIpc) is 3.45. The summed E-state index contributed by atoms with van der Waals surface area (Å²) >= 11 is 0. The predicted octanol–water partition coefficient (Wildman–Crippen LogP) is 4.42. The fourth-order valence-electron chi connectivity index (χ4n) is 6.26. The maximum absolute atomic E-state index is 12.9. The van der Waals surface area contributed by atoms with Crippen LogP contribution in [0, 0.1) is 0 Å². The van der Waals surface area contributed by atoms with E-state index in [0.29, 0.717) is 29.3 Å². The van der Waals surface area contributed by atoms with E-state index in [-0.39, 0.29) is 11.9 Å². The van der Waals surface area contributed by atoms with Crippen LogP contribution in [0.2, 0.25) is 0 Å². The van der Waals surface area contributed by atoms with Crippen LogP contribution in [0.4, 0.5) is 23.1 Å². The Morgan fingerprint density at radius 3 is 2.61 bits per heavy atom. The molecule has 2 N–H and O–H groups in total. The zero-order valence-corrected chi connectivity index (χ0v) is 23.4. The number of anilines is 4. The largest absolute Gasteiger partial charge is 0.495 e. The molecule has 2 aliphatic heterocycles. The number of aromatic nitrogens is 2. The number of benzene rings is 1. The quantitative estimate of drug-likeness (QED) is 0.528. The lowest BCUT2D eigenvalue weighted by Gasteiger charge is -2.45. The molecule has 5 rings (SSSR count). The van der Waals surface area contributed by atoms with Gasteiger partial charge in [0.25, 0.3) is 5.91 Å². The first-order valence-corrected chi connectivity index (χ1v) is 14.3. The minimum atomic E-state index is -0.0633. The molecule has 1 aromatic heterocycles. The summed E-state index contributed by atoms with van der Waals surface area (Å²) in [5.74, 6) is 2.09. The van der Waals surface area contributed by atoms with Crippen LogP contribution in [0.15, 0.2) is 24.4 Å². The molecule has 9 heteroatoms. The van der Waals surface area contributed by atoms with E-state index in [9.17, 15) is 4.79 Å². The third-order valence-electron chi connectivity index (χ3n) is 8.39. The Morgan fingerprint density at radius 2 is 1.89 bits per heavy atom. The molecule has 0 spiro atoms. The number of methoxy groups -OCH3 is 1. The van der Waals surface area contributed by atoms with Gasteiger partial charge in [0.15, 0.2) is 5.82 Å². The molecular weight excluding hydrogens is 478 g/mol. The number of hydrogen-bond donors (Lipinski definition) is 2. The Hall–Kier alpha value is -3.07. The van der Waals surface area contributed by atoms with Crippen LogP contribution in [0.5, 0.6) is 5.75 Å². The molecular formula is C29H43N7O2. The second-order valence-electron chi connectivity index (χ2n) is 11.2. The van der Waals surface area contributed by atoms with Gasteiger partial charge in [-0.15, -0.1) is 0 Å². The van der Waals surface area contributed by atoms with Gasteiger partial charge in [-0.1, -0.05) is 26.2 Å². The van der Waals surface area contributed by atoms with E-state index in [1.165, 1.54) is 25.7 Å². The summed E-state index contributed by atoms with van der Waals surface area (Å²) in [7, 11) is 5.89. The SMILES string of the molecule is CCC[C@@H]1CN(C)c2cnc(Nc3ccc(C(=O)NC4CCN(C)CC4)cc3OC)nc2N1C1CCCC1. The van der Waals surface area contributed by atoms with E-state index in [2.05, 4.69) is 51.3 Å². The van der Waals surface area contributed by atoms with Gasteiger partial charge in [-0.25, -0.2) is 4.98 Å². The highest BCUT2D eigenvalue weighted by molar-refractivity contribution is 5.95. The van der Waals surface area contributed by atoms with Crippen molar-refractivity contribution < 1.29 is 9.53 Å². The number of carbonyl (C=O) groups excluding carboxylic acids is 1. The van der Waals surface area contributed by atoms with Gasteiger partial charge >= 0.3 is 0 Å². The molecule has 3 aliphatic rings. The minimum absolute atomic E-state index is 0.0633. The summed E-state index contributed by atoms with van der Waals surface area (Å²) in [6.45, 7) is 5.28. The van der Waals surface area contributed by atoms with E-state index >= 15 is 0 Å². The molecule has 3 heterocycles. The minimum Gasteiger partial charge on any atom is -0.495 e. The first kappa shape index (κ1) is 26.5.